The summed E-state index contributed by atoms with van der Waals surface area (Å²) in [6, 6.07) is 7.59. The van der Waals surface area contributed by atoms with Crippen molar-refractivity contribution in [2.75, 3.05) is 13.1 Å². The highest BCUT2D eigenvalue weighted by molar-refractivity contribution is 5.87. The van der Waals surface area contributed by atoms with Gasteiger partial charge in [-0.15, -0.1) is 0 Å². The lowest BCUT2D eigenvalue weighted by Crippen LogP contribution is -2.43. The van der Waals surface area contributed by atoms with E-state index in [0.29, 0.717) is 18.2 Å². The average Bonchev–Trinajstić information content (AvgIpc) is 2.40. The van der Waals surface area contributed by atoms with Crippen molar-refractivity contribution >= 4 is 5.97 Å². The molecule has 0 radical (unpaired) electrons. The summed E-state index contributed by atoms with van der Waals surface area (Å²) < 4.78 is 0. The molecule has 0 spiro atoms. The highest BCUT2D eigenvalue weighted by atomic mass is 16.4. The lowest BCUT2D eigenvalue weighted by Gasteiger charge is -2.35. The molecule has 1 atom stereocenters. The molecule has 1 aliphatic rings. The molecule has 1 aromatic carbocycles. The van der Waals surface area contributed by atoms with Crippen molar-refractivity contribution < 1.29 is 9.90 Å². The molecule has 1 fully saturated rings. The first-order valence-corrected chi connectivity index (χ1v) is 6.47. The number of hydrogen-bond acceptors (Lipinski definition) is 3. The second-order valence-electron chi connectivity index (χ2n) is 4.86. The van der Waals surface area contributed by atoms with Crippen LogP contribution in [0.15, 0.2) is 24.3 Å². The van der Waals surface area contributed by atoms with Crippen LogP contribution in [-0.2, 0) is 6.54 Å². The number of benzene rings is 1. The number of nitrogens with zero attached hydrogens (tertiary/aromatic N) is 1. The Balaban J connectivity index is 2.01. The van der Waals surface area contributed by atoms with Gasteiger partial charge in [0, 0.05) is 19.1 Å². The first-order valence-electron chi connectivity index (χ1n) is 6.47. The summed E-state index contributed by atoms with van der Waals surface area (Å²) in [5.41, 5.74) is 7.29. The standard InChI is InChI=1S/C14H20N2O2/c15-9-13-3-1-2-8-16(13)10-11-4-6-12(7-5-11)14(17)18/h4-7,13H,1-3,8-10,15H2,(H,17,18). The normalized spacial score (nSPS) is 20.8. The average molecular weight is 248 g/mol. The van der Waals surface area contributed by atoms with Gasteiger partial charge in [0.1, 0.15) is 0 Å². The van der Waals surface area contributed by atoms with Gasteiger partial charge in [0.15, 0.2) is 0 Å². The summed E-state index contributed by atoms with van der Waals surface area (Å²) >= 11 is 0. The number of rotatable bonds is 4. The molecule has 1 saturated heterocycles. The van der Waals surface area contributed by atoms with Crippen LogP contribution >= 0.6 is 0 Å². The van der Waals surface area contributed by atoms with Gasteiger partial charge in [-0.05, 0) is 37.1 Å². The van der Waals surface area contributed by atoms with E-state index in [1.165, 1.54) is 19.3 Å². The third-order valence-corrected chi connectivity index (χ3v) is 3.61. The molecule has 0 aliphatic carbocycles. The second kappa shape index (κ2) is 5.98. The van der Waals surface area contributed by atoms with Crippen molar-refractivity contribution in [2.24, 2.45) is 5.73 Å². The van der Waals surface area contributed by atoms with Crippen molar-refractivity contribution in [3.63, 3.8) is 0 Å². The summed E-state index contributed by atoms with van der Waals surface area (Å²) in [5.74, 6) is -0.876. The fourth-order valence-electron chi connectivity index (χ4n) is 2.52. The molecule has 0 saturated carbocycles. The largest absolute Gasteiger partial charge is 0.478 e. The van der Waals surface area contributed by atoms with E-state index in [0.717, 1.165) is 18.7 Å². The van der Waals surface area contributed by atoms with E-state index in [-0.39, 0.29) is 0 Å². The molecular weight excluding hydrogens is 228 g/mol. The van der Waals surface area contributed by atoms with E-state index in [1.807, 2.05) is 12.1 Å². The molecule has 1 unspecified atom stereocenters. The van der Waals surface area contributed by atoms with Crippen LogP contribution in [0.4, 0.5) is 0 Å². The van der Waals surface area contributed by atoms with Crippen LogP contribution < -0.4 is 5.73 Å². The number of piperidine rings is 1. The van der Waals surface area contributed by atoms with Crippen molar-refractivity contribution in [3.05, 3.63) is 35.4 Å². The summed E-state index contributed by atoms with van der Waals surface area (Å²) in [6.07, 6.45) is 3.66. The van der Waals surface area contributed by atoms with Crippen LogP contribution in [0.2, 0.25) is 0 Å². The number of carbonyl (C=O) groups is 1. The first-order chi connectivity index (χ1) is 8.70. The van der Waals surface area contributed by atoms with Gasteiger partial charge in [0.05, 0.1) is 5.56 Å². The van der Waals surface area contributed by atoms with E-state index in [1.54, 1.807) is 12.1 Å². The van der Waals surface area contributed by atoms with Crippen LogP contribution in [0.3, 0.4) is 0 Å². The van der Waals surface area contributed by atoms with E-state index in [4.69, 9.17) is 10.8 Å². The SMILES string of the molecule is NCC1CCCCN1Cc1ccc(C(=O)O)cc1. The Morgan fingerprint density at radius 3 is 2.67 bits per heavy atom. The minimum absolute atomic E-state index is 0.341. The smallest absolute Gasteiger partial charge is 0.335 e. The van der Waals surface area contributed by atoms with Crippen molar-refractivity contribution in [3.8, 4) is 0 Å². The Labute approximate surface area is 107 Å². The third-order valence-electron chi connectivity index (χ3n) is 3.61. The highest BCUT2D eigenvalue weighted by Crippen LogP contribution is 2.19. The zero-order chi connectivity index (χ0) is 13.0. The Kier molecular flexibility index (Phi) is 4.33. The Bertz CT molecular complexity index is 403. The maximum atomic E-state index is 10.8. The molecule has 18 heavy (non-hydrogen) atoms. The van der Waals surface area contributed by atoms with Gasteiger partial charge in [0.25, 0.3) is 0 Å². The van der Waals surface area contributed by atoms with Crippen LogP contribution in [0.1, 0.15) is 35.2 Å². The van der Waals surface area contributed by atoms with E-state index < -0.39 is 5.97 Å². The summed E-state index contributed by atoms with van der Waals surface area (Å²) in [7, 11) is 0. The number of carboxylic acids is 1. The molecule has 0 bridgehead atoms. The lowest BCUT2D eigenvalue weighted by molar-refractivity contribution is 0.0697. The molecule has 4 nitrogen and oxygen atoms in total. The molecule has 0 aromatic heterocycles. The number of hydrogen-bond donors (Lipinski definition) is 2. The molecule has 2 rings (SSSR count). The topological polar surface area (TPSA) is 66.6 Å². The van der Waals surface area contributed by atoms with Crippen LogP contribution in [-0.4, -0.2) is 35.1 Å². The molecule has 1 aliphatic heterocycles. The van der Waals surface area contributed by atoms with Gasteiger partial charge in [-0.3, -0.25) is 4.90 Å². The summed E-state index contributed by atoms with van der Waals surface area (Å²) in [5, 5.41) is 8.85. The maximum absolute atomic E-state index is 10.8. The zero-order valence-electron chi connectivity index (χ0n) is 10.5. The third kappa shape index (κ3) is 3.09. The van der Waals surface area contributed by atoms with E-state index in [9.17, 15) is 4.79 Å². The number of carboxylic acid groups (broad SMARTS) is 1. The quantitative estimate of drug-likeness (QED) is 0.851. The number of likely N-dealkylation sites (tertiary alicyclic amines) is 1. The predicted molar refractivity (Wildman–Crippen MR) is 70.5 cm³/mol. The minimum atomic E-state index is -0.876. The molecule has 1 heterocycles. The summed E-state index contributed by atoms with van der Waals surface area (Å²) in [6.45, 7) is 2.65. The lowest BCUT2D eigenvalue weighted by atomic mass is 10.0. The van der Waals surface area contributed by atoms with E-state index in [2.05, 4.69) is 4.90 Å². The minimum Gasteiger partial charge on any atom is -0.478 e. The maximum Gasteiger partial charge on any atom is 0.335 e. The predicted octanol–water partition coefficient (Wildman–Crippen LogP) is 1.70. The van der Waals surface area contributed by atoms with Crippen LogP contribution in [0.25, 0.3) is 0 Å². The van der Waals surface area contributed by atoms with Crippen molar-refractivity contribution in [2.45, 2.75) is 31.8 Å². The van der Waals surface area contributed by atoms with Gasteiger partial charge in [0.2, 0.25) is 0 Å². The Hall–Kier alpha value is -1.39. The Morgan fingerprint density at radius 2 is 2.06 bits per heavy atom. The second-order valence-corrected chi connectivity index (χ2v) is 4.86. The van der Waals surface area contributed by atoms with E-state index >= 15 is 0 Å². The monoisotopic (exact) mass is 248 g/mol. The molecule has 3 N–H and O–H groups in total. The van der Waals surface area contributed by atoms with Crippen molar-refractivity contribution in [1.29, 1.82) is 0 Å². The molecular formula is C14H20N2O2. The first kappa shape index (κ1) is 13.1. The van der Waals surface area contributed by atoms with Crippen LogP contribution in [0, 0.1) is 0 Å². The van der Waals surface area contributed by atoms with Crippen LogP contribution in [0.5, 0.6) is 0 Å². The van der Waals surface area contributed by atoms with Gasteiger partial charge in [-0.2, -0.15) is 0 Å². The molecule has 4 heteroatoms. The fraction of sp³-hybridized carbons (Fsp3) is 0.500. The highest BCUT2D eigenvalue weighted by Gasteiger charge is 2.20. The van der Waals surface area contributed by atoms with Gasteiger partial charge in [-0.1, -0.05) is 18.6 Å². The molecule has 98 valence electrons. The van der Waals surface area contributed by atoms with Gasteiger partial charge in [-0.25, -0.2) is 4.79 Å². The Morgan fingerprint density at radius 1 is 1.33 bits per heavy atom. The van der Waals surface area contributed by atoms with Gasteiger partial charge >= 0.3 is 5.97 Å². The zero-order valence-corrected chi connectivity index (χ0v) is 10.5. The fourth-order valence-corrected chi connectivity index (χ4v) is 2.52. The molecule has 0 amide bonds. The summed E-state index contributed by atoms with van der Waals surface area (Å²) in [4.78, 5) is 13.2. The molecule has 1 aromatic rings. The number of aromatic carboxylic acids is 1. The van der Waals surface area contributed by atoms with Gasteiger partial charge < -0.3 is 10.8 Å². The van der Waals surface area contributed by atoms with Crippen molar-refractivity contribution in [1.82, 2.24) is 4.90 Å². The number of nitrogens with two attached hydrogens (primary N) is 1.